The van der Waals surface area contributed by atoms with E-state index in [1.54, 1.807) is 18.2 Å². The number of anilines is 1. The molecule has 0 aliphatic heterocycles. The summed E-state index contributed by atoms with van der Waals surface area (Å²) in [5.41, 5.74) is 1.26. The number of carbonyl (C=O) groups excluding carboxylic acids is 1. The molecule has 106 valence electrons. The molecule has 3 rings (SSSR count). The topological polar surface area (TPSA) is 77.8 Å². The quantitative estimate of drug-likeness (QED) is 0.664. The van der Waals surface area contributed by atoms with Gasteiger partial charge in [-0.25, -0.2) is 9.18 Å². The Morgan fingerprint density at radius 3 is 2.67 bits per heavy atom. The number of fused-ring (bicyclic) bond motifs is 1. The smallest absolute Gasteiger partial charge is 0.322 e. The number of aromatic amines is 2. The fraction of sp³-hybridized carbons (Fsp3) is 0. The van der Waals surface area contributed by atoms with Crippen molar-refractivity contribution in [2.45, 2.75) is 0 Å². The predicted molar refractivity (Wildman–Crippen MR) is 81.0 cm³/mol. The van der Waals surface area contributed by atoms with Crippen LogP contribution in [-0.4, -0.2) is 15.9 Å². The maximum absolute atomic E-state index is 13.6. The van der Waals surface area contributed by atoms with Crippen LogP contribution in [0.25, 0.3) is 11.0 Å². The zero-order valence-corrected chi connectivity index (χ0v) is 12.1. The highest BCUT2D eigenvalue weighted by atomic mass is 79.9. The molecule has 0 saturated carbocycles. The van der Waals surface area contributed by atoms with Gasteiger partial charge >= 0.3 is 5.69 Å². The predicted octanol–water partition coefficient (Wildman–Crippen LogP) is 3.01. The summed E-state index contributed by atoms with van der Waals surface area (Å²) in [5, 5.41) is 2.59. The molecular weight excluding hydrogens is 341 g/mol. The second-order valence-electron chi connectivity index (χ2n) is 4.42. The van der Waals surface area contributed by atoms with Crippen LogP contribution in [-0.2, 0) is 0 Å². The van der Waals surface area contributed by atoms with Gasteiger partial charge in [-0.1, -0.05) is 15.9 Å². The molecule has 1 amide bonds. The first kappa shape index (κ1) is 13.6. The van der Waals surface area contributed by atoms with Gasteiger partial charge in [-0.3, -0.25) is 4.79 Å². The number of benzene rings is 2. The van der Waals surface area contributed by atoms with Gasteiger partial charge in [0.15, 0.2) is 0 Å². The molecule has 0 saturated heterocycles. The molecule has 5 nitrogen and oxygen atoms in total. The molecule has 0 spiro atoms. The van der Waals surface area contributed by atoms with Gasteiger partial charge in [0.1, 0.15) is 5.82 Å². The van der Waals surface area contributed by atoms with Gasteiger partial charge in [0.25, 0.3) is 5.91 Å². The zero-order chi connectivity index (χ0) is 15.0. The normalized spacial score (nSPS) is 10.8. The van der Waals surface area contributed by atoms with Crippen molar-refractivity contribution in [3.8, 4) is 0 Å². The van der Waals surface area contributed by atoms with Crippen molar-refractivity contribution in [2.75, 3.05) is 5.32 Å². The lowest BCUT2D eigenvalue weighted by molar-refractivity contribution is 0.102. The third-order valence-corrected chi connectivity index (χ3v) is 3.44. The standard InChI is InChI=1S/C14H9BrFN3O2/c15-7-1-3-10(16)9(5-7)13(20)17-8-2-4-11-12(6-8)19-14(21)18-11/h1-6H,(H,17,20)(H2,18,19,21). The fourth-order valence-corrected chi connectivity index (χ4v) is 2.34. The van der Waals surface area contributed by atoms with Crippen LogP contribution in [0.5, 0.6) is 0 Å². The highest BCUT2D eigenvalue weighted by Gasteiger charge is 2.12. The lowest BCUT2D eigenvalue weighted by atomic mass is 10.2. The molecule has 7 heteroatoms. The van der Waals surface area contributed by atoms with E-state index < -0.39 is 11.7 Å². The van der Waals surface area contributed by atoms with Crippen molar-refractivity contribution in [1.29, 1.82) is 0 Å². The number of carbonyl (C=O) groups is 1. The van der Waals surface area contributed by atoms with Gasteiger partial charge in [-0.2, -0.15) is 0 Å². The molecule has 0 aliphatic rings. The molecule has 3 N–H and O–H groups in total. The highest BCUT2D eigenvalue weighted by molar-refractivity contribution is 9.10. The first-order valence-electron chi connectivity index (χ1n) is 6.01. The van der Waals surface area contributed by atoms with Crippen molar-refractivity contribution in [3.63, 3.8) is 0 Å². The number of halogens is 2. The molecule has 0 bridgehead atoms. The molecule has 3 aromatic rings. The Balaban J connectivity index is 1.92. The maximum atomic E-state index is 13.6. The Labute approximate surface area is 126 Å². The van der Waals surface area contributed by atoms with E-state index in [-0.39, 0.29) is 11.3 Å². The molecule has 0 radical (unpaired) electrons. The summed E-state index contributed by atoms with van der Waals surface area (Å²) in [6.45, 7) is 0. The van der Waals surface area contributed by atoms with Crippen molar-refractivity contribution >= 4 is 38.6 Å². The Bertz CT molecular complexity index is 901. The van der Waals surface area contributed by atoms with Crippen LogP contribution >= 0.6 is 15.9 Å². The second-order valence-corrected chi connectivity index (χ2v) is 5.33. The van der Waals surface area contributed by atoms with Gasteiger partial charge in [0.05, 0.1) is 16.6 Å². The van der Waals surface area contributed by atoms with Crippen LogP contribution in [0.15, 0.2) is 45.7 Å². The van der Waals surface area contributed by atoms with Gasteiger partial charge < -0.3 is 15.3 Å². The summed E-state index contributed by atoms with van der Waals surface area (Å²) in [6, 6.07) is 9.01. The molecule has 2 aromatic carbocycles. The van der Waals surface area contributed by atoms with Gasteiger partial charge in [-0.05, 0) is 36.4 Å². The van der Waals surface area contributed by atoms with Crippen LogP contribution in [0.2, 0.25) is 0 Å². The van der Waals surface area contributed by atoms with Crippen LogP contribution in [0.4, 0.5) is 10.1 Å². The second kappa shape index (κ2) is 5.17. The number of rotatable bonds is 2. The van der Waals surface area contributed by atoms with Crippen LogP contribution in [0, 0.1) is 5.82 Å². The average Bonchev–Trinajstić information content (AvgIpc) is 2.80. The number of amides is 1. The Kier molecular flexibility index (Phi) is 3.34. The minimum atomic E-state index is -0.605. The van der Waals surface area contributed by atoms with Crippen LogP contribution in [0.3, 0.4) is 0 Å². The number of nitrogens with one attached hydrogen (secondary N) is 3. The Morgan fingerprint density at radius 2 is 1.86 bits per heavy atom. The molecule has 0 atom stereocenters. The van der Waals surface area contributed by atoms with E-state index in [1.807, 2.05) is 0 Å². The molecular formula is C14H9BrFN3O2. The minimum Gasteiger partial charge on any atom is -0.322 e. The maximum Gasteiger partial charge on any atom is 0.323 e. The number of aromatic nitrogens is 2. The first-order chi connectivity index (χ1) is 10.0. The SMILES string of the molecule is O=C(Nc1ccc2[nH]c(=O)[nH]c2c1)c1cc(Br)ccc1F. The summed E-state index contributed by atoms with van der Waals surface area (Å²) in [5.74, 6) is -1.17. The fourth-order valence-electron chi connectivity index (χ4n) is 1.98. The van der Waals surface area contributed by atoms with Gasteiger partial charge in [-0.15, -0.1) is 0 Å². The largest absolute Gasteiger partial charge is 0.323 e. The molecule has 0 aliphatic carbocycles. The molecule has 1 heterocycles. The monoisotopic (exact) mass is 349 g/mol. The molecule has 0 unspecified atom stereocenters. The van der Waals surface area contributed by atoms with Crippen molar-refractivity contribution in [2.24, 2.45) is 0 Å². The van der Waals surface area contributed by atoms with Gasteiger partial charge in [0.2, 0.25) is 0 Å². The Hall–Kier alpha value is -2.41. The summed E-state index contributed by atoms with van der Waals surface area (Å²) in [7, 11) is 0. The average molecular weight is 350 g/mol. The van der Waals surface area contributed by atoms with Crippen molar-refractivity contribution < 1.29 is 9.18 Å². The van der Waals surface area contributed by atoms with E-state index in [4.69, 9.17) is 0 Å². The minimum absolute atomic E-state index is 0.0629. The first-order valence-corrected chi connectivity index (χ1v) is 6.81. The summed E-state index contributed by atoms with van der Waals surface area (Å²) in [4.78, 5) is 28.4. The van der Waals surface area contributed by atoms with Crippen molar-refractivity contribution in [1.82, 2.24) is 9.97 Å². The van der Waals surface area contributed by atoms with E-state index in [0.29, 0.717) is 21.2 Å². The summed E-state index contributed by atoms with van der Waals surface area (Å²) >= 11 is 3.19. The van der Waals surface area contributed by atoms with E-state index >= 15 is 0 Å². The summed E-state index contributed by atoms with van der Waals surface area (Å²) < 4.78 is 14.3. The summed E-state index contributed by atoms with van der Waals surface area (Å²) in [6.07, 6.45) is 0. The van der Waals surface area contributed by atoms with E-state index in [1.165, 1.54) is 18.2 Å². The number of imidazole rings is 1. The number of hydrogen-bond donors (Lipinski definition) is 3. The third-order valence-electron chi connectivity index (χ3n) is 2.95. The van der Waals surface area contributed by atoms with Crippen LogP contribution < -0.4 is 11.0 Å². The molecule has 21 heavy (non-hydrogen) atoms. The van der Waals surface area contributed by atoms with E-state index in [9.17, 15) is 14.0 Å². The third kappa shape index (κ3) is 2.73. The van der Waals surface area contributed by atoms with Crippen molar-refractivity contribution in [3.05, 3.63) is 62.7 Å². The number of hydrogen-bond acceptors (Lipinski definition) is 2. The Morgan fingerprint density at radius 1 is 1.10 bits per heavy atom. The zero-order valence-electron chi connectivity index (χ0n) is 10.5. The lowest BCUT2D eigenvalue weighted by Gasteiger charge is -2.06. The van der Waals surface area contributed by atoms with E-state index in [2.05, 4.69) is 31.2 Å². The number of H-pyrrole nitrogens is 2. The highest BCUT2D eigenvalue weighted by Crippen LogP contribution is 2.19. The van der Waals surface area contributed by atoms with Gasteiger partial charge in [0, 0.05) is 10.2 Å². The lowest BCUT2D eigenvalue weighted by Crippen LogP contribution is -2.13. The van der Waals surface area contributed by atoms with Crippen LogP contribution in [0.1, 0.15) is 10.4 Å². The van der Waals surface area contributed by atoms with E-state index in [0.717, 1.165) is 0 Å². The molecule has 0 fully saturated rings. The molecule has 1 aromatic heterocycles.